The number of aryl methyl sites for hydroxylation is 1. The van der Waals surface area contributed by atoms with Gasteiger partial charge >= 0.3 is 0 Å². The van der Waals surface area contributed by atoms with Gasteiger partial charge in [-0.05, 0) is 162 Å². The van der Waals surface area contributed by atoms with E-state index in [0.29, 0.717) is 6.42 Å². The van der Waals surface area contributed by atoms with E-state index in [9.17, 15) is 0 Å². The second-order valence-corrected chi connectivity index (χ2v) is 24.0. The van der Waals surface area contributed by atoms with Crippen LogP contribution in [0.25, 0.3) is 66.8 Å². The number of nitrogens with zero attached hydrogens (tertiary/aromatic N) is 2. The number of rotatable bonds is 14. The molecular weight excluding hydrogens is 1020 g/mol. The SMILES string of the molecule is CCc1ccccc1-c1ccccc1Cc1c(-c2cccc(N(c3ccc4c(c3)C(C)(C)c3ccccc3-4)c3ccccc3-c3ccccc3)c2CC)cccc1N(c1ccc2c(c1)C(C)(C)c1ccccc1-2)c1ccccc1-c1ccccc1. The van der Waals surface area contributed by atoms with E-state index < -0.39 is 0 Å². The Bertz CT molecular complexity index is 4490. The summed E-state index contributed by atoms with van der Waals surface area (Å²) in [5, 5.41) is 0. The van der Waals surface area contributed by atoms with Crippen molar-refractivity contribution in [3.8, 4) is 66.8 Å². The number of fused-ring (bicyclic) bond motifs is 6. The molecule has 0 aliphatic heterocycles. The predicted octanol–water partition coefficient (Wildman–Crippen LogP) is 22.6. The summed E-state index contributed by atoms with van der Waals surface area (Å²) in [6.45, 7) is 14.2. The molecule has 0 N–H and O–H groups in total. The van der Waals surface area contributed by atoms with Gasteiger partial charge in [0, 0.05) is 45.4 Å². The molecule has 0 amide bonds. The van der Waals surface area contributed by atoms with Gasteiger partial charge in [-0.2, -0.15) is 0 Å². The molecule has 2 aliphatic carbocycles. The van der Waals surface area contributed by atoms with Crippen LogP contribution < -0.4 is 9.80 Å². The minimum atomic E-state index is -0.205. The van der Waals surface area contributed by atoms with Crippen LogP contribution in [0.2, 0.25) is 0 Å². The molecule has 12 aromatic carbocycles. The van der Waals surface area contributed by atoms with Crippen LogP contribution in [0.4, 0.5) is 34.1 Å². The molecule has 2 nitrogen and oxygen atoms in total. The maximum absolute atomic E-state index is 2.59. The molecule has 12 aromatic rings. The first-order valence-electron chi connectivity index (χ1n) is 30.4. The Labute approximate surface area is 503 Å². The van der Waals surface area contributed by atoms with Crippen LogP contribution in [0, 0.1) is 0 Å². The van der Waals surface area contributed by atoms with Crippen LogP contribution in [0.15, 0.2) is 279 Å². The first-order chi connectivity index (χ1) is 41.6. The Morgan fingerprint density at radius 2 is 0.612 bits per heavy atom. The van der Waals surface area contributed by atoms with Gasteiger partial charge in [0.25, 0.3) is 0 Å². The fourth-order valence-corrected chi connectivity index (χ4v) is 14.4. The molecule has 0 heterocycles. The van der Waals surface area contributed by atoms with E-state index >= 15 is 0 Å². The van der Waals surface area contributed by atoms with Crippen LogP contribution in [-0.2, 0) is 30.1 Å². The van der Waals surface area contributed by atoms with Gasteiger partial charge < -0.3 is 9.80 Å². The van der Waals surface area contributed by atoms with E-state index in [0.717, 1.165) is 47.0 Å². The van der Waals surface area contributed by atoms with Crippen LogP contribution in [-0.4, -0.2) is 0 Å². The van der Waals surface area contributed by atoms with Gasteiger partial charge in [-0.1, -0.05) is 272 Å². The van der Waals surface area contributed by atoms with Gasteiger partial charge in [0.1, 0.15) is 0 Å². The molecular formula is C83H70N2. The highest BCUT2D eigenvalue weighted by Crippen LogP contribution is 2.55. The lowest BCUT2D eigenvalue weighted by atomic mass is 9.82. The second kappa shape index (κ2) is 21.8. The Hall–Kier alpha value is -9.76. The van der Waals surface area contributed by atoms with Crippen molar-refractivity contribution in [3.63, 3.8) is 0 Å². The lowest BCUT2D eigenvalue weighted by Gasteiger charge is -2.33. The smallest absolute Gasteiger partial charge is 0.0540 e. The third kappa shape index (κ3) is 9.11. The summed E-state index contributed by atoms with van der Waals surface area (Å²) in [5.41, 5.74) is 32.0. The van der Waals surface area contributed by atoms with E-state index in [4.69, 9.17) is 0 Å². The first-order valence-corrected chi connectivity index (χ1v) is 30.4. The normalized spacial score (nSPS) is 13.2. The largest absolute Gasteiger partial charge is 0.310 e. The van der Waals surface area contributed by atoms with Gasteiger partial charge in [-0.15, -0.1) is 0 Å². The Morgan fingerprint density at radius 3 is 1.09 bits per heavy atom. The number of hydrogen-bond acceptors (Lipinski definition) is 2. The number of benzene rings is 12. The average molecular weight is 1100 g/mol. The van der Waals surface area contributed by atoms with Crippen LogP contribution in [0.1, 0.15) is 86.1 Å². The van der Waals surface area contributed by atoms with E-state index in [2.05, 4.69) is 330 Å². The standard InChI is InChI=1S/C83H70N2/c1-7-56-29-15-17-35-63(56)64-36-18-16-34-59(64)53-73-68(42-28-48-81(73)85(80-46-26-22-38-66(80)58-32-13-10-14-33-58)61-50-52-72-70-40-20-24-44-75(70)83(5,6)77(72)55-61)67-41-27-47-78(62(67)8-2)84(79-45-25-21-37-65(79)57-30-11-9-12-31-57)60-49-51-71-69-39-19-23-43-74(69)82(3,4)76(71)54-60/h9-52,54-55H,7-8,53H2,1-6H3. The topological polar surface area (TPSA) is 6.48 Å². The van der Waals surface area contributed by atoms with E-state index in [1.165, 1.54) is 111 Å². The molecule has 0 fully saturated rings. The lowest BCUT2D eigenvalue weighted by Crippen LogP contribution is -2.18. The van der Waals surface area contributed by atoms with Crippen molar-refractivity contribution >= 4 is 34.1 Å². The van der Waals surface area contributed by atoms with Gasteiger partial charge in [0.2, 0.25) is 0 Å². The first kappa shape index (κ1) is 53.3. The molecule has 0 bridgehead atoms. The third-order valence-electron chi connectivity index (χ3n) is 18.6. The highest BCUT2D eigenvalue weighted by atomic mass is 15.2. The molecule has 2 aliphatic rings. The summed E-state index contributed by atoms with van der Waals surface area (Å²) in [7, 11) is 0. The zero-order chi connectivity index (χ0) is 57.8. The minimum absolute atomic E-state index is 0.186. The van der Waals surface area contributed by atoms with E-state index in [-0.39, 0.29) is 10.8 Å². The Kier molecular flexibility index (Phi) is 13.6. The molecule has 0 unspecified atom stereocenters. The molecule has 0 atom stereocenters. The molecule has 0 radical (unpaired) electrons. The minimum Gasteiger partial charge on any atom is -0.310 e. The second-order valence-electron chi connectivity index (χ2n) is 24.0. The maximum Gasteiger partial charge on any atom is 0.0540 e. The molecule has 0 spiro atoms. The van der Waals surface area contributed by atoms with Gasteiger partial charge in [0.05, 0.1) is 17.1 Å². The predicted molar refractivity (Wildman–Crippen MR) is 361 cm³/mol. The van der Waals surface area contributed by atoms with E-state index in [1.54, 1.807) is 0 Å². The van der Waals surface area contributed by atoms with Gasteiger partial charge in [-0.25, -0.2) is 0 Å². The van der Waals surface area contributed by atoms with E-state index in [1.807, 2.05) is 0 Å². The van der Waals surface area contributed by atoms with Gasteiger partial charge in [-0.3, -0.25) is 0 Å². The summed E-state index contributed by atoms with van der Waals surface area (Å²) in [6, 6.07) is 105. The fourth-order valence-electron chi connectivity index (χ4n) is 14.4. The third-order valence-corrected chi connectivity index (χ3v) is 18.6. The van der Waals surface area contributed by atoms with Crippen molar-refractivity contribution in [2.24, 2.45) is 0 Å². The molecule has 85 heavy (non-hydrogen) atoms. The summed E-state index contributed by atoms with van der Waals surface area (Å²) < 4.78 is 0. The average Bonchev–Trinajstić information content (AvgIpc) is 1.99. The maximum atomic E-state index is 2.59. The number of para-hydroxylation sites is 2. The molecule has 0 saturated heterocycles. The molecule has 14 rings (SSSR count). The fraction of sp³-hybridized carbons (Fsp3) is 0.133. The van der Waals surface area contributed by atoms with Crippen molar-refractivity contribution in [1.82, 2.24) is 0 Å². The van der Waals surface area contributed by atoms with Gasteiger partial charge in [0.15, 0.2) is 0 Å². The zero-order valence-electron chi connectivity index (χ0n) is 49.6. The summed E-state index contributed by atoms with van der Waals surface area (Å²) in [5.74, 6) is 0. The zero-order valence-corrected chi connectivity index (χ0v) is 49.6. The van der Waals surface area contributed by atoms with Crippen LogP contribution in [0.5, 0.6) is 0 Å². The van der Waals surface area contributed by atoms with Crippen molar-refractivity contribution < 1.29 is 0 Å². The van der Waals surface area contributed by atoms with Crippen molar-refractivity contribution in [2.75, 3.05) is 9.80 Å². The summed E-state index contributed by atoms with van der Waals surface area (Å²) in [4.78, 5) is 5.16. The molecule has 0 aromatic heterocycles. The van der Waals surface area contributed by atoms with Crippen molar-refractivity contribution in [3.05, 3.63) is 324 Å². The lowest BCUT2D eigenvalue weighted by molar-refractivity contribution is 0.660. The van der Waals surface area contributed by atoms with Crippen molar-refractivity contribution in [2.45, 2.75) is 71.6 Å². The summed E-state index contributed by atoms with van der Waals surface area (Å²) in [6.07, 6.45) is 2.42. The Morgan fingerprint density at radius 1 is 0.259 bits per heavy atom. The molecule has 412 valence electrons. The highest BCUT2D eigenvalue weighted by Gasteiger charge is 2.38. The number of hydrogen-bond donors (Lipinski definition) is 0. The highest BCUT2D eigenvalue weighted by molar-refractivity contribution is 5.96. The monoisotopic (exact) mass is 1090 g/mol. The quantitative estimate of drug-likeness (QED) is 0.107. The Balaban J connectivity index is 1.04. The molecule has 0 saturated carbocycles. The van der Waals surface area contributed by atoms with Crippen LogP contribution in [0.3, 0.4) is 0 Å². The summed E-state index contributed by atoms with van der Waals surface area (Å²) >= 11 is 0. The number of anilines is 6. The van der Waals surface area contributed by atoms with Crippen molar-refractivity contribution in [1.29, 1.82) is 0 Å². The van der Waals surface area contributed by atoms with Crippen LogP contribution >= 0.6 is 0 Å². The molecule has 2 heteroatoms.